The van der Waals surface area contributed by atoms with Crippen LogP contribution in [0.2, 0.25) is 5.02 Å². The Morgan fingerprint density at radius 1 is 1.19 bits per heavy atom. The third-order valence-electron chi connectivity index (χ3n) is 3.13. The molecule has 0 fully saturated rings. The third kappa shape index (κ3) is 5.44. The van der Waals surface area contributed by atoms with Crippen LogP contribution >= 0.6 is 23.4 Å². The van der Waals surface area contributed by atoms with Gasteiger partial charge in [-0.05, 0) is 35.7 Å². The first kappa shape index (κ1) is 15.9. The van der Waals surface area contributed by atoms with Crippen LogP contribution in [-0.4, -0.2) is 11.7 Å². The van der Waals surface area contributed by atoms with E-state index >= 15 is 0 Å². The van der Waals surface area contributed by atoms with E-state index in [-0.39, 0.29) is 5.91 Å². The molecule has 4 heteroatoms. The summed E-state index contributed by atoms with van der Waals surface area (Å²) in [5.41, 5.74) is 3.56. The van der Waals surface area contributed by atoms with Crippen LogP contribution in [0.25, 0.3) is 0 Å². The van der Waals surface area contributed by atoms with E-state index in [9.17, 15) is 4.79 Å². The van der Waals surface area contributed by atoms with Crippen molar-refractivity contribution in [3.05, 3.63) is 70.2 Å². The number of hydrogen-bond donors (Lipinski definition) is 1. The number of carbonyl (C=O) groups is 1. The lowest BCUT2D eigenvalue weighted by Gasteiger charge is -2.07. The normalized spacial score (nSPS) is 10.4. The molecular formula is C17H18ClNOS. The van der Waals surface area contributed by atoms with Gasteiger partial charge in [0.15, 0.2) is 0 Å². The van der Waals surface area contributed by atoms with Crippen LogP contribution in [0.3, 0.4) is 0 Å². The first-order valence-electron chi connectivity index (χ1n) is 6.78. The number of rotatable bonds is 6. The number of thioether (sulfide) groups is 1. The summed E-state index contributed by atoms with van der Waals surface area (Å²) < 4.78 is 0. The van der Waals surface area contributed by atoms with E-state index in [2.05, 4.69) is 24.4 Å². The highest BCUT2D eigenvalue weighted by atomic mass is 35.5. The second-order valence-corrected chi connectivity index (χ2v) is 6.25. The standard InChI is InChI=1S/C17H18ClNOS/c1-13-5-2-3-7-15(13)11-21-12-17(20)19-10-14-6-4-8-16(18)9-14/h2-9H,10-12H2,1H3,(H,19,20). The number of carbonyl (C=O) groups excluding carboxylic acids is 1. The average Bonchev–Trinajstić information content (AvgIpc) is 2.47. The predicted octanol–water partition coefficient (Wildman–Crippen LogP) is 4.20. The van der Waals surface area contributed by atoms with Crippen molar-refractivity contribution in [2.45, 2.75) is 19.2 Å². The van der Waals surface area contributed by atoms with Gasteiger partial charge in [-0.1, -0.05) is 48.0 Å². The zero-order valence-electron chi connectivity index (χ0n) is 11.9. The molecule has 0 aliphatic heterocycles. The van der Waals surface area contributed by atoms with Gasteiger partial charge in [0.25, 0.3) is 0 Å². The maximum absolute atomic E-state index is 11.8. The van der Waals surface area contributed by atoms with Crippen molar-refractivity contribution in [2.24, 2.45) is 0 Å². The minimum atomic E-state index is 0.0496. The Kier molecular flexibility index (Phi) is 6.15. The van der Waals surface area contributed by atoms with Gasteiger partial charge in [-0.3, -0.25) is 4.79 Å². The molecule has 0 unspecified atom stereocenters. The van der Waals surface area contributed by atoms with Crippen molar-refractivity contribution in [1.29, 1.82) is 0 Å². The van der Waals surface area contributed by atoms with Crippen molar-refractivity contribution >= 4 is 29.3 Å². The number of hydrogen-bond acceptors (Lipinski definition) is 2. The van der Waals surface area contributed by atoms with E-state index < -0.39 is 0 Å². The first-order chi connectivity index (χ1) is 10.1. The Balaban J connectivity index is 1.72. The highest BCUT2D eigenvalue weighted by Crippen LogP contribution is 2.15. The molecule has 0 spiro atoms. The maximum Gasteiger partial charge on any atom is 0.230 e. The Morgan fingerprint density at radius 2 is 2.00 bits per heavy atom. The minimum Gasteiger partial charge on any atom is -0.351 e. The molecule has 1 N–H and O–H groups in total. The zero-order valence-corrected chi connectivity index (χ0v) is 13.5. The smallest absolute Gasteiger partial charge is 0.230 e. The number of aryl methyl sites for hydroxylation is 1. The molecule has 0 saturated carbocycles. The molecule has 0 aromatic heterocycles. The SMILES string of the molecule is Cc1ccccc1CSCC(=O)NCc1cccc(Cl)c1. The number of amides is 1. The Bertz CT molecular complexity index is 615. The van der Waals surface area contributed by atoms with E-state index in [0.717, 1.165) is 11.3 Å². The van der Waals surface area contributed by atoms with Gasteiger partial charge in [0.05, 0.1) is 5.75 Å². The summed E-state index contributed by atoms with van der Waals surface area (Å²) in [6.45, 7) is 2.61. The van der Waals surface area contributed by atoms with Crippen molar-refractivity contribution in [2.75, 3.05) is 5.75 Å². The molecule has 2 nitrogen and oxygen atoms in total. The molecule has 2 rings (SSSR count). The quantitative estimate of drug-likeness (QED) is 0.864. The summed E-state index contributed by atoms with van der Waals surface area (Å²) in [7, 11) is 0. The van der Waals surface area contributed by atoms with E-state index in [0.29, 0.717) is 17.3 Å². The number of benzene rings is 2. The highest BCUT2D eigenvalue weighted by molar-refractivity contribution is 7.99. The van der Waals surface area contributed by atoms with Crippen LogP contribution in [0.1, 0.15) is 16.7 Å². The lowest BCUT2D eigenvalue weighted by atomic mass is 10.1. The monoisotopic (exact) mass is 319 g/mol. The van der Waals surface area contributed by atoms with Crippen molar-refractivity contribution in [3.8, 4) is 0 Å². The highest BCUT2D eigenvalue weighted by Gasteiger charge is 2.03. The number of halogens is 1. The third-order valence-corrected chi connectivity index (χ3v) is 4.35. The lowest BCUT2D eigenvalue weighted by Crippen LogP contribution is -2.24. The molecular weight excluding hydrogens is 302 g/mol. The summed E-state index contributed by atoms with van der Waals surface area (Å²) in [6, 6.07) is 15.8. The molecule has 0 aliphatic carbocycles. The Labute approximate surface area is 134 Å². The van der Waals surface area contributed by atoms with E-state index in [1.54, 1.807) is 11.8 Å². The van der Waals surface area contributed by atoms with Gasteiger partial charge in [-0.15, -0.1) is 11.8 Å². The van der Waals surface area contributed by atoms with Gasteiger partial charge in [0.1, 0.15) is 0 Å². The van der Waals surface area contributed by atoms with E-state index in [1.807, 2.05) is 36.4 Å². The van der Waals surface area contributed by atoms with Crippen molar-refractivity contribution in [1.82, 2.24) is 5.32 Å². The molecule has 21 heavy (non-hydrogen) atoms. The van der Waals surface area contributed by atoms with Gasteiger partial charge in [-0.2, -0.15) is 0 Å². The van der Waals surface area contributed by atoms with Crippen LogP contribution in [0.15, 0.2) is 48.5 Å². The largest absolute Gasteiger partial charge is 0.351 e. The Morgan fingerprint density at radius 3 is 2.76 bits per heavy atom. The Hall–Kier alpha value is -1.45. The van der Waals surface area contributed by atoms with Crippen molar-refractivity contribution < 1.29 is 4.79 Å². The van der Waals surface area contributed by atoms with Crippen molar-refractivity contribution in [3.63, 3.8) is 0 Å². The van der Waals surface area contributed by atoms with Gasteiger partial charge in [0.2, 0.25) is 5.91 Å². The van der Waals surface area contributed by atoms with Crippen LogP contribution in [-0.2, 0) is 17.1 Å². The van der Waals surface area contributed by atoms with Gasteiger partial charge in [0, 0.05) is 17.3 Å². The fraction of sp³-hybridized carbons (Fsp3) is 0.235. The van der Waals surface area contributed by atoms with Crippen LogP contribution in [0.5, 0.6) is 0 Å². The van der Waals surface area contributed by atoms with Gasteiger partial charge in [-0.25, -0.2) is 0 Å². The second kappa shape index (κ2) is 8.11. The zero-order chi connectivity index (χ0) is 15.1. The fourth-order valence-electron chi connectivity index (χ4n) is 1.92. The fourth-order valence-corrected chi connectivity index (χ4v) is 3.07. The summed E-state index contributed by atoms with van der Waals surface area (Å²) >= 11 is 7.54. The van der Waals surface area contributed by atoms with E-state index in [1.165, 1.54) is 11.1 Å². The van der Waals surface area contributed by atoms with Crippen LogP contribution in [0, 0.1) is 6.92 Å². The lowest BCUT2D eigenvalue weighted by molar-refractivity contribution is -0.118. The number of nitrogens with one attached hydrogen (secondary N) is 1. The molecule has 1 amide bonds. The van der Waals surface area contributed by atoms with Gasteiger partial charge < -0.3 is 5.32 Å². The molecule has 0 heterocycles. The molecule has 0 bridgehead atoms. The van der Waals surface area contributed by atoms with Crippen LogP contribution < -0.4 is 5.32 Å². The molecule has 0 aliphatic rings. The molecule has 0 atom stereocenters. The summed E-state index contributed by atoms with van der Waals surface area (Å²) in [4.78, 5) is 11.8. The predicted molar refractivity (Wildman–Crippen MR) is 90.6 cm³/mol. The molecule has 110 valence electrons. The average molecular weight is 320 g/mol. The first-order valence-corrected chi connectivity index (χ1v) is 8.32. The molecule has 0 saturated heterocycles. The van der Waals surface area contributed by atoms with Crippen LogP contribution in [0.4, 0.5) is 0 Å². The topological polar surface area (TPSA) is 29.1 Å². The van der Waals surface area contributed by atoms with Gasteiger partial charge >= 0.3 is 0 Å². The molecule has 2 aromatic rings. The summed E-state index contributed by atoms with van der Waals surface area (Å²) in [5.74, 6) is 1.38. The molecule has 0 radical (unpaired) electrons. The summed E-state index contributed by atoms with van der Waals surface area (Å²) in [5, 5.41) is 3.60. The van der Waals surface area contributed by atoms with E-state index in [4.69, 9.17) is 11.6 Å². The second-order valence-electron chi connectivity index (χ2n) is 4.83. The maximum atomic E-state index is 11.8. The summed E-state index contributed by atoms with van der Waals surface area (Å²) in [6.07, 6.45) is 0. The molecule has 2 aromatic carbocycles. The minimum absolute atomic E-state index is 0.0496.